The lowest BCUT2D eigenvalue weighted by molar-refractivity contribution is 0.601. The van der Waals surface area contributed by atoms with Crippen LogP contribution in [0.3, 0.4) is 0 Å². The van der Waals surface area contributed by atoms with Crippen molar-refractivity contribution in [2.24, 2.45) is 0 Å². The molecule has 0 radical (unpaired) electrons. The summed E-state index contributed by atoms with van der Waals surface area (Å²) in [6, 6.07) is 5.70. The van der Waals surface area contributed by atoms with E-state index in [1.165, 1.54) is 30.5 Å². The summed E-state index contributed by atoms with van der Waals surface area (Å²) in [5.41, 5.74) is 5.94. The Balaban J connectivity index is 2.43. The number of aromatic nitrogens is 1. The smallest absolute Gasteiger partial charge is 0.264 e. The Labute approximate surface area is 134 Å². The van der Waals surface area contributed by atoms with E-state index in [0.717, 1.165) is 0 Å². The predicted molar refractivity (Wildman–Crippen MR) is 83.6 cm³/mol. The van der Waals surface area contributed by atoms with Gasteiger partial charge in [0.1, 0.15) is 4.90 Å². The topological polar surface area (TPSA) is 85.1 Å². The maximum absolute atomic E-state index is 12.3. The number of benzene rings is 1. The van der Waals surface area contributed by atoms with Crippen LogP contribution in [-0.4, -0.2) is 13.4 Å². The third-order valence-corrected chi connectivity index (χ3v) is 4.94. The zero-order chi connectivity index (χ0) is 14.9. The standard InChI is InChI=1S/C11H8BrCl2N3O2S/c12-8-4-7(15)5-16-11(8)17-20(18,19)10-3-6(13)1-2-9(10)14/h1-5H,15H2,(H,16,17). The van der Waals surface area contributed by atoms with Crippen LogP contribution in [0.5, 0.6) is 0 Å². The summed E-state index contributed by atoms with van der Waals surface area (Å²) >= 11 is 14.8. The summed E-state index contributed by atoms with van der Waals surface area (Å²) in [6.45, 7) is 0. The molecule has 0 bridgehead atoms. The summed E-state index contributed by atoms with van der Waals surface area (Å²) in [5.74, 6) is 0.107. The molecular weight excluding hydrogens is 389 g/mol. The zero-order valence-corrected chi connectivity index (χ0v) is 13.7. The third kappa shape index (κ3) is 3.35. The van der Waals surface area contributed by atoms with E-state index in [9.17, 15) is 8.42 Å². The summed E-state index contributed by atoms with van der Waals surface area (Å²) in [5, 5.41) is 0.326. The van der Waals surface area contributed by atoms with Crippen molar-refractivity contribution in [2.45, 2.75) is 4.90 Å². The summed E-state index contributed by atoms with van der Waals surface area (Å²) in [6.07, 6.45) is 1.34. The SMILES string of the molecule is Nc1cnc(NS(=O)(=O)c2cc(Cl)ccc2Cl)c(Br)c1. The Bertz CT molecular complexity index is 768. The second-order valence-corrected chi connectivity index (χ2v) is 7.13. The van der Waals surface area contributed by atoms with Crippen LogP contribution >= 0.6 is 39.1 Å². The first-order chi connectivity index (χ1) is 9.29. The highest BCUT2D eigenvalue weighted by Gasteiger charge is 2.20. The molecule has 0 amide bonds. The van der Waals surface area contributed by atoms with E-state index in [0.29, 0.717) is 10.2 Å². The molecule has 1 heterocycles. The van der Waals surface area contributed by atoms with Crippen LogP contribution in [0.1, 0.15) is 0 Å². The molecule has 0 spiro atoms. The number of nitrogens with two attached hydrogens (primary N) is 1. The quantitative estimate of drug-likeness (QED) is 0.830. The fourth-order valence-electron chi connectivity index (χ4n) is 1.39. The number of hydrogen-bond acceptors (Lipinski definition) is 4. The second kappa shape index (κ2) is 5.77. The van der Waals surface area contributed by atoms with Crippen molar-refractivity contribution in [2.75, 3.05) is 10.5 Å². The van der Waals surface area contributed by atoms with Crippen LogP contribution in [0, 0.1) is 0 Å². The first kappa shape index (κ1) is 15.4. The molecule has 0 aliphatic rings. The van der Waals surface area contributed by atoms with Crippen molar-refractivity contribution < 1.29 is 8.42 Å². The number of rotatable bonds is 3. The van der Waals surface area contributed by atoms with E-state index in [-0.39, 0.29) is 20.8 Å². The number of hydrogen-bond donors (Lipinski definition) is 2. The molecule has 0 atom stereocenters. The summed E-state index contributed by atoms with van der Waals surface area (Å²) in [7, 11) is -3.90. The highest BCUT2D eigenvalue weighted by atomic mass is 79.9. The van der Waals surface area contributed by atoms with E-state index >= 15 is 0 Å². The Kier molecular flexibility index (Phi) is 4.43. The Morgan fingerprint density at radius 3 is 2.60 bits per heavy atom. The largest absolute Gasteiger partial charge is 0.397 e. The number of nitrogens with zero attached hydrogens (tertiary/aromatic N) is 1. The fraction of sp³-hybridized carbons (Fsp3) is 0. The number of nitrogen functional groups attached to an aromatic ring is 1. The van der Waals surface area contributed by atoms with Gasteiger partial charge in [0.15, 0.2) is 5.82 Å². The highest BCUT2D eigenvalue weighted by Crippen LogP contribution is 2.29. The summed E-state index contributed by atoms with van der Waals surface area (Å²) in [4.78, 5) is 3.77. The number of halogens is 3. The number of nitrogens with one attached hydrogen (secondary N) is 1. The third-order valence-electron chi connectivity index (χ3n) is 2.28. The van der Waals surface area contributed by atoms with Crippen LogP contribution in [0.4, 0.5) is 11.5 Å². The fourth-order valence-corrected chi connectivity index (χ4v) is 3.78. The Hall–Kier alpha value is -1.02. The van der Waals surface area contributed by atoms with Gasteiger partial charge in [-0.25, -0.2) is 13.4 Å². The van der Waals surface area contributed by atoms with Crippen LogP contribution < -0.4 is 10.5 Å². The predicted octanol–water partition coefficient (Wildman–Crippen LogP) is 3.53. The first-order valence-electron chi connectivity index (χ1n) is 5.18. The molecule has 0 aliphatic heterocycles. The first-order valence-corrected chi connectivity index (χ1v) is 8.22. The minimum absolute atomic E-state index is 0.0634. The van der Waals surface area contributed by atoms with E-state index in [1.54, 1.807) is 0 Å². The minimum atomic E-state index is -3.90. The van der Waals surface area contributed by atoms with Gasteiger partial charge in [-0.3, -0.25) is 4.72 Å². The Morgan fingerprint density at radius 1 is 1.25 bits per heavy atom. The van der Waals surface area contributed by atoms with Gasteiger partial charge in [0.2, 0.25) is 0 Å². The molecule has 0 saturated heterocycles. The molecule has 0 saturated carbocycles. The van der Waals surface area contributed by atoms with Crippen molar-refractivity contribution in [1.82, 2.24) is 4.98 Å². The second-order valence-electron chi connectivity index (χ2n) is 3.78. The normalized spacial score (nSPS) is 11.3. The van der Waals surface area contributed by atoms with Crippen molar-refractivity contribution in [3.8, 4) is 0 Å². The molecule has 0 unspecified atom stereocenters. The highest BCUT2D eigenvalue weighted by molar-refractivity contribution is 9.10. The van der Waals surface area contributed by atoms with Gasteiger partial charge >= 0.3 is 0 Å². The van der Waals surface area contributed by atoms with Gasteiger partial charge in [0.05, 0.1) is 21.4 Å². The van der Waals surface area contributed by atoms with Crippen molar-refractivity contribution in [1.29, 1.82) is 0 Å². The van der Waals surface area contributed by atoms with Crippen molar-refractivity contribution >= 4 is 60.7 Å². The van der Waals surface area contributed by atoms with E-state index < -0.39 is 10.0 Å². The van der Waals surface area contributed by atoms with Gasteiger partial charge in [-0.15, -0.1) is 0 Å². The average Bonchev–Trinajstić information content (AvgIpc) is 2.35. The number of anilines is 2. The summed E-state index contributed by atoms with van der Waals surface area (Å²) < 4.78 is 27.3. The van der Waals surface area contributed by atoms with Crippen LogP contribution in [0.15, 0.2) is 39.8 Å². The molecule has 5 nitrogen and oxygen atoms in total. The molecule has 9 heteroatoms. The van der Waals surface area contributed by atoms with Crippen LogP contribution in [0.2, 0.25) is 10.0 Å². The molecule has 2 aromatic rings. The maximum Gasteiger partial charge on any atom is 0.264 e. The molecule has 1 aromatic carbocycles. The lowest BCUT2D eigenvalue weighted by atomic mass is 10.4. The zero-order valence-electron chi connectivity index (χ0n) is 9.77. The van der Waals surface area contributed by atoms with Gasteiger partial charge < -0.3 is 5.73 Å². The van der Waals surface area contributed by atoms with E-state index in [4.69, 9.17) is 28.9 Å². The molecule has 2 rings (SSSR count). The van der Waals surface area contributed by atoms with Crippen molar-refractivity contribution in [3.63, 3.8) is 0 Å². The van der Waals surface area contributed by atoms with Gasteiger partial charge in [-0.2, -0.15) is 0 Å². The van der Waals surface area contributed by atoms with E-state index in [2.05, 4.69) is 25.6 Å². The van der Waals surface area contributed by atoms with Gasteiger partial charge in [0, 0.05) is 5.02 Å². The van der Waals surface area contributed by atoms with E-state index in [1.807, 2.05) is 0 Å². The number of sulfonamides is 1. The minimum Gasteiger partial charge on any atom is -0.397 e. The molecule has 0 fully saturated rings. The Morgan fingerprint density at radius 2 is 1.95 bits per heavy atom. The van der Waals surface area contributed by atoms with Crippen LogP contribution in [-0.2, 0) is 10.0 Å². The molecule has 0 aliphatic carbocycles. The lowest BCUT2D eigenvalue weighted by Crippen LogP contribution is -2.15. The van der Waals surface area contributed by atoms with Crippen LogP contribution in [0.25, 0.3) is 0 Å². The molecule has 1 aromatic heterocycles. The van der Waals surface area contributed by atoms with Gasteiger partial charge in [0.25, 0.3) is 10.0 Å². The van der Waals surface area contributed by atoms with Crippen molar-refractivity contribution in [3.05, 3.63) is 45.0 Å². The maximum atomic E-state index is 12.3. The monoisotopic (exact) mass is 395 g/mol. The molecule has 20 heavy (non-hydrogen) atoms. The number of pyridine rings is 1. The lowest BCUT2D eigenvalue weighted by Gasteiger charge is -2.10. The average molecular weight is 397 g/mol. The van der Waals surface area contributed by atoms with Gasteiger partial charge in [-0.05, 0) is 40.2 Å². The molecule has 106 valence electrons. The van der Waals surface area contributed by atoms with Gasteiger partial charge in [-0.1, -0.05) is 23.2 Å². The molecular formula is C11H8BrCl2N3O2S. The molecule has 3 N–H and O–H groups in total.